The molecule has 1 N–H and O–H groups in total. The predicted octanol–water partition coefficient (Wildman–Crippen LogP) is 3.49. The first-order chi connectivity index (χ1) is 10.5. The minimum absolute atomic E-state index is 0.239. The van der Waals surface area contributed by atoms with E-state index in [0.29, 0.717) is 36.6 Å². The highest BCUT2D eigenvalue weighted by Crippen LogP contribution is 2.25. The van der Waals surface area contributed by atoms with Crippen molar-refractivity contribution in [3.63, 3.8) is 0 Å². The molecule has 5 nitrogen and oxygen atoms in total. The Morgan fingerprint density at radius 3 is 2.59 bits per heavy atom. The van der Waals surface area contributed by atoms with Crippen molar-refractivity contribution >= 4 is 11.6 Å². The van der Waals surface area contributed by atoms with E-state index in [1.807, 2.05) is 20.8 Å². The first-order valence-electron chi connectivity index (χ1n) is 7.63. The summed E-state index contributed by atoms with van der Waals surface area (Å²) in [6.07, 6.45) is 1.45. The van der Waals surface area contributed by atoms with Crippen LogP contribution in [0.3, 0.4) is 0 Å². The predicted molar refractivity (Wildman–Crippen MR) is 85.9 cm³/mol. The Labute approximate surface area is 132 Å². The lowest BCUT2D eigenvalue weighted by Gasteiger charge is -2.28. The topological polar surface area (TPSA) is 71.3 Å². The first-order valence-corrected chi connectivity index (χ1v) is 7.63. The number of nitriles is 1. The summed E-state index contributed by atoms with van der Waals surface area (Å²) in [5.74, 6) is 0.370. The number of ether oxygens (including phenoxy) is 2. The molecule has 0 radical (unpaired) electrons. The molecule has 1 unspecified atom stereocenters. The maximum atomic E-state index is 12.5. The van der Waals surface area contributed by atoms with Gasteiger partial charge in [-0.3, -0.25) is 4.79 Å². The molecule has 0 saturated carbocycles. The second-order valence-corrected chi connectivity index (χ2v) is 5.12. The number of hydrogen-bond acceptors (Lipinski definition) is 4. The maximum absolute atomic E-state index is 12.5. The molecule has 0 aliphatic carbocycles. The smallest absolute Gasteiger partial charge is 0.256 e. The standard InChI is InChI=1S/C17H24N2O3/c1-5-10-17(4,22-7-3)16(20)19-15-9-8-14(21-6-2)11-13(15)12-18/h8-9,11H,5-7,10H2,1-4H3,(H,19,20). The van der Waals surface area contributed by atoms with Crippen LogP contribution in [0.15, 0.2) is 18.2 Å². The van der Waals surface area contributed by atoms with Gasteiger partial charge in [0.25, 0.3) is 5.91 Å². The van der Waals surface area contributed by atoms with Crippen LogP contribution in [0, 0.1) is 11.3 Å². The molecule has 1 aromatic rings. The van der Waals surface area contributed by atoms with E-state index in [9.17, 15) is 10.1 Å². The Morgan fingerprint density at radius 2 is 2.05 bits per heavy atom. The van der Waals surface area contributed by atoms with Gasteiger partial charge in [0.1, 0.15) is 17.4 Å². The van der Waals surface area contributed by atoms with Crippen molar-refractivity contribution in [3.05, 3.63) is 23.8 Å². The summed E-state index contributed by atoms with van der Waals surface area (Å²) in [6.45, 7) is 8.49. The third kappa shape index (κ3) is 4.47. The summed E-state index contributed by atoms with van der Waals surface area (Å²) in [7, 11) is 0. The highest BCUT2D eigenvalue weighted by atomic mass is 16.5. The molecule has 0 aliphatic rings. The molecule has 1 atom stereocenters. The molecule has 0 spiro atoms. The number of hydrogen-bond donors (Lipinski definition) is 1. The zero-order chi connectivity index (χ0) is 16.6. The quantitative estimate of drug-likeness (QED) is 0.798. The molecular weight excluding hydrogens is 280 g/mol. The molecular formula is C17H24N2O3. The number of carbonyl (C=O) groups excluding carboxylic acids is 1. The number of benzene rings is 1. The Kier molecular flexibility index (Phi) is 6.87. The molecule has 0 aromatic heterocycles. The number of nitrogens with one attached hydrogen (secondary N) is 1. The van der Waals surface area contributed by atoms with E-state index in [4.69, 9.17) is 9.47 Å². The lowest BCUT2D eigenvalue weighted by Crippen LogP contribution is -2.42. The molecule has 1 aromatic carbocycles. The minimum atomic E-state index is -0.894. The van der Waals surface area contributed by atoms with Gasteiger partial charge in [0.15, 0.2) is 0 Å². The molecule has 22 heavy (non-hydrogen) atoms. The number of rotatable bonds is 8. The van der Waals surface area contributed by atoms with Crippen molar-refractivity contribution in [2.24, 2.45) is 0 Å². The van der Waals surface area contributed by atoms with Crippen LogP contribution in [-0.4, -0.2) is 24.7 Å². The second kappa shape index (κ2) is 8.40. The Morgan fingerprint density at radius 1 is 1.32 bits per heavy atom. The normalized spacial score (nSPS) is 13.0. The second-order valence-electron chi connectivity index (χ2n) is 5.12. The van der Waals surface area contributed by atoms with E-state index in [-0.39, 0.29) is 5.91 Å². The van der Waals surface area contributed by atoms with Crippen molar-refractivity contribution in [3.8, 4) is 11.8 Å². The van der Waals surface area contributed by atoms with Gasteiger partial charge in [-0.2, -0.15) is 5.26 Å². The molecule has 0 bridgehead atoms. The number of carbonyl (C=O) groups is 1. The Bertz CT molecular complexity index is 543. The van der Waals surface area contributed by atoms with Gasteiger partial charge in [-0.1, -0.05) is 13.3 Å². The summed E-state index contributed by atoms with van der Waals surface area (Å²) >= 11 is 0. The van der Waals surface area contributed by atoms with Gasteiger partial charge in [0.05, 0.1) is 17.9 Å². The maximum Gasteiger partial charge on any atom is 0.256 e. The van der Waals surface area contributed by atoms with E-state index < -0.39 is 5.60 Å². The van der Waals surface area contributed by atoms with E-state index in [0.717, 1.165) is 6.42 Å². The third-order valence-electron chi connectivity index (χ3n) is 3.34. The molecule has 1 rings (SSSR count). The lowest BCUT2D eigenvalue weighted by molar-refractivity contribution is -0.139. The van der Waals surface area contributed by atoms with Gasteiger partial charge in [-0.25, -0.2) is 0 Å². The first kappa shape index (κ1) is 18.0. The SMILES string of the molecule is CCCC(C)(OCC)C(=O)Nc1ccc(OCC)cc1C#N. The van der Waals surface area contributed by atoms with Gasteiger partial charge < -0.3 is 14.8 Å². The van der Waals surface area contributed by atoms with Crippen molar-refractivity contribution < 1.29 is 14.3 Å². The van der Waals surface area contributed by atoms with E-state index in [1.165, 1.54) is 0 Å². The van der Waals surface area contributed by atoms with Crippen LogP contribution >= 0.6 is 0 Å². The van der Waals surface area contributed by atoms with Crippen molar-refractivity contribution in [2.75, 3.05) is 18.5 Å². The van der Waals surface area contributed by atoms with E-state index in [1.54, 1.807) is 25.1 Å². The zero-order valence-corrected chi connectivity index (χ0v) is 13.7. The molecule has 120 valence electrons. The fourth-order valence-electron chi connectivity index (χ4n) is 2.28. The highest BCUT2D eigenvalue weighted by Gasteiger charge is 2.33. The zero-order valence-electron chi connectivity index (χ0n) is 13.7. The Balaban J connectivity index is 2.98. The van der Waals surface area contributed by atoms with E-state index in [2.05, 4.69) is 11.4 Å². The summed E-state index contributed by atoms with van der Waals surface area (Å²) < 4.78 is 11.0. The van der Waals surface area contributed by atoms with Gasteiger partial charge in [0.2, 0.25) is 0 Å². The van der Waals surface area contributed by atoms with Crippen LogP contribution in [0.2, 0.25) is 0 Å². The fraction of sp³-hybridized carbons (Fsp3) is 0.529. The van der Waals surface area contributed by atoms with Crippen LogP contribution < -0.4 is 10.1 Å². The minimum Gasteiger partial charge on any atom is -0.494 e. The van der Waals surface area contributed by atoms with Crippen molar-refractivity contribution in [1.29, 1.82) is 5.26 Å². The molecule has 0 saturated heterocycles. The third-order valence-corrected chi connectivity index (χ3v) is 3.34. The summed E-state index contributed by atoms with van der Waals surface area (Å²) in [6, 6.07) is 7.12. The average Bonchev–Trinajstić information content (AvgIpc) is 2.49. The summed E-state index contributed by atoms with van der Waals surface area (Å²) in [4.78, 5) is 12.5. The number of nitrogens with zero attached hydrogens (tertiary/aromatic N) is 1. The van der Waals surface area contributed by atoms with Crippen LogP contribution in [0.1, 0.15) is 46.1 Å². The number of anilines is 1. The molecule has 0 fully saturated rings. The molecule has 0 heterocycles. The molecule has 0 aliphatic heterocycles. The van der Waals surface area contributed by atoms with Gasteiger partial charge in [0, 0.05) is 6.61 Å². The van der Waals surface area contributed by atoms with Crippen molar-refractivity contribution in [1.82, 2.24) is 0 Å². The van der Waals surface area contributed by atoms with Crippen LogP contribution in [0.25, 0.3) is 0 Å². The highest BCUT2D eigenvalue weighted by molar-refractivity contribution is 5.98. The van der Waals surface area contributed by atoms with Crippen LogP contribution in [-0.2, 0) is 9.53 Å². The monoisotopic (exact) mass is 304 g/mol. The average molecular weight is 304 g/mol. The van der Waals surface area contributed by atoms with Crippen LogP contribution in [0.5, 0.6) is 5.75 Å². The summed E-state index contributed by atoms with van der Waals surface area (Å²) in [5.41, 5.74) is -0.0536. The van der Waals surface area contributed by atoms with E-state index >= 15 is 0 Å². The number of amides is 1. The molecule has 5 heteroatoms. The Hall–Kier alpha value is -2.06. The fourth-order valence-corrected chi connectivity index (χ4v) is 2.28. The lowest BCUT2D eigenvalue weighted by atomic mass is 9.98. The van der Waals surface area contributed by atoms with Gasteiger partial charge in [-0.05, 0) is 45.4 Å². The van der Waals surface area contributed by atoms with Crippen LogP contribution in [0.4, 0.5) is 5.69 Å². The van der Waals surface area contributed by atoms with Gasteiger partial charge >= 0.3 is 0 Å². The molecule has 1 amide bonds. The van der Waals surface area contributed by atoms with Gasteiger partial charge in [-0.15, -0.1) is 0 Å². The summed E-state index contributed by atoms with van der Waals surface area (Å²) in [5, 5.41) is 12.0. The largest absolute Gasteiger partial charge is 0.494 e. The van der Waals surface area contributed by atoms with Crippen molar-refractivity contribution in [2.45, 2.75) is 46.1 Å².